The average Bonchev–Trinajstić information content (AvgIpc) is 3.06. The Morgan fingerprint density at radius 2 is 1.87 bits per heavy atom. The Bertz CT molecular complexity index is 239. The molecular weight excluding hydrogens is 194 g/mol. The summed E-state index contributed by atoms with van der Waals surface area (Å²) in [6.07, 6.45) is 2.02. The molecule has 0 aromatic heterocycles. The molecule has 1 aliphatic rings. The Hall–Kier alpha value is -1.26. The molecule has 5 heteroatoms. The molecule has 1 fully saturated rings. The third-order valence-corrected chi connectivity index (χ3v) is 2.47. The van der Waals surface area contributed by atoms with Gasteiger partial charge in [-0.25, -0.2) is 4.79 Å². The lowest BCUT2D eigenvalue weighted by atomic mass is 10.4. The Morgan fingerprint density at radius 1 is 1.27 bits per heavy atom. The van der Waals surface area contributed by atoms with E-state index < -0.39 is 0 Å². The molecule has 0 heterocycles. The molecule has 15 heavy (non-hydrogen) atoms. The molecule has 5 nitrogen and oxygen atoms in total. The third-order valence-electron chi connectivity index (χ3n) is 2.47. The molecule has 0 spiro atoms. The normalized spacial score (nSPS) is 14.5. The predicted octanol–water partition coefficient (Wildman–Crippen LogP) is 0.174. The van der Waals surface area contributed by atoms with Crippen molar-refractivity contribution in [3.05, 3.63) is 0 Å². The monoisotopic (exact) mass is 213 g/mol. The van der Waals surface area contributed by atoms with Crippen molar-refractivity contribution in [2.24, 2.45) is 5.92 Å². The first-order valence-corrected chi connectivity index (χ1v) is 5.41. The first-order valence-electron chi connectivity index (χ1n) is 5.41. The second-order valence-corrected chi connectivity index (χ2v) is 3.81. The van der Waals surface area contributed by atoms with Crippen LogP contribution in [0.15, 0.2) is 0 Å². The van der Waals surface area contributed by atoms with Gasteiger partial charge in [-0.3, -0.25) is 4.79 Å². The minimum Gasteiger partial charge on any atom is -0.354 e. The smallest absolute Gasteiger partial charge is 0.317 e. The van der Waals surface area contributed by atoms with Gasteiger partial charge >= 0.3 is 6.03 Å². The van der Waals surface area contributed by atoms with E-state index >= 15 is 0 Å². The van der Waals surface area contributed by atoms with Crippen LogP contribution in [0.5, 0.6) is 0 Å². The molecule has 0 atom stereocenters. The maximum atomic E-state index is 11.3. The average molecular weight is 213 g/mol. The van der Waals surface area contributed by atoms with Gasteiger partial charge in [-0.1, -0.05) is 0 Å². The highest BCUT2D eigenvalue weighted by Gasteiger charge is 2.28. The second kappa shape index (κ2) is 5.58. The van der Waals surface area contributed by atoms with Crippen molar-refractivity contribution in [3.8, 4) is 0 Å². The van der Waals surface area contributed by atoms with Crippen LogP contribution < -0.4 is 10.6 Å². The molecule has 1 saturated carbocycles. The van der Waals surface area contributed by atoms with Crippen LogP contribution in [-0.2, 0) is 4.79 Å². The number of hydrogen-bond acceptors (Lipinski definition) is 2. The largest absolute Gasteiger partial charge is 0.354 e. The molecule has 1 aliphatic carbocycles. The number of nitrogens with zero attached hydrogens (tertiary/aromatic N) is 1. The van der Waals surface area contributed by atoms with Crippen molar-refractivity contribution in [1.82, 2.24) is 15.5 Å². The van der Waals surface area contributed by atoms with Crippen molar-refractivity contribution in [2.75, 3.05) is 26.7 Å². The van der Waals surface area contributed by atoms with Crippen molar-refractivity contribution in [2.45, 2.75) is 19.8 Å². The Labute approximate surface area is 90.2 Å². The van der Waals surface area contributed by atoms with E-state index in [2.05, 4.69) is 10.6 Å². The molecule has 0 aromatic carbocycles. The van der Waals surface area contributed by atoms with Gasteiger partial charge in [0, 0.05) is 32.6 Å². The Kier molecular flexibility index (Phi) is 4.39. The van der Waals surface area contributed by atoms with Gasteiger partial charge < -0.3 is 15.5 Å². The van der Waals surface area contributed by atoms with Crippen LogP contribution in [0.4, 0.5) is 4.79 Å². The fraction of sp³-hybridized carbons (Fsp3) is 0.800. The summed E-state index contributed by atoms with van der Waals surface area (Å²) in [5.41, 5.74) is 0. The van der Waals surface area contributed by atoms with Gasteiger partial charge in [0.15, 0.2) is 0 Å². The van der Waals surface area contributed by atoms with Crippen LogP contribution in [0.3, 0.4) is 0 Å². The van der Waals surface area contributed by atoms with E-state index in [0.717, 1.165) is 12.8 Å². The van der Waals surface area contributed by atoms with E-state index in [0.29, 0.717) is 19.6 Å². The van der Waals surface area contributed by atoms with E-state index in [4.69, 9.17) is 0 Å². The lowest BCUT2D eigenvalue weighted by Crippen LogP contribution is -2.41. The molecule has 0 unspecified atom stereocenters. The summed E-state index contributed by atoms with van der Waals surface area (Å²) in [6.45, 7) is 3.59. The molecule has 86 valence electrons. The zero-order chi connectivity index (χ0) is 11.3. The molecule has 0 bridgehead atoms. The summed E-state index contributed by atoms with van der Waals surface area (Å²) in [5, 5.41) is 5.51. The van der Waals surface area contributed by atoms with E-state index in [9.17, 15) is 9.59 Å². The van der Waals surface area contributed by atoms with Gasteiger partial charge in [-0.15, -0.1) is 0 Å². The van der Waals surface area contributed by atoms with Gasteiger partial charge in [0.05, 0.1) is 0 Å². The summed E-state index contributed by atoms with van der Waals surface area (Å²) in [7, 11) is 1.73. The lowest BCUT2D eigenvalue weighted by Gasteiger charge is -2.15. The topological polar surface area (TPSA) is 61.4 Å². The summed E-state index contributed by atoms with van der Waals surface area (Å²) in [4.78, 5) is 24.1. The van der Waals surface area contributed by atoms with Crippen LogP contribution in [0.2, 0.25) is 0 Å². The molecule has 0 aliphatic heterocycles. The number of hydrogen-bond donors (Lipinski definition) is 2. The molecule has 1 rings (SSSR count). The quantitative estimate of drug-likeness (QED) is 0.640. The number of rotatable bonds is 5. The van der Waals surface area contributed by atoms with Gasteiger partial charge in [-0.05, 0) is 19.8 Å². The summed E-state index contributed by atoms with van der Waals surface area (Å²) in [5.74, 6) is 0.354. The van der Waals surface area contributed by atoms with Crippen molar-refractivity contribution >= 4 is 11.9 Å². The highest BCUT2D eigenvalue weighted by atomic mass is 16.2. The zero-order valence-electron chi connectivity index (χ0n) is 9.38. The standard InChI is InChI=1S/C10H19N3O2/c1-3-13(2)10(15)12-7-6-11-9(14)8-4-5-8/h8H,3-7H2,1-2H3,(H,11,14)(H,12,15). The Morgan fingerprint density at radius 3 is 2.40 bits per heavy atom. The van der Waals surface area contributed by atoms with E-state index in [1.165, 1.54) is 0 Å². The first-order chi connectivity index (χ1) is 7.15. The fourth-order valence-corrected chi connectivity index (χ4v) is 1.12. The van der Waals surface area contributed by atoms with E-state index in [1.54, 1.807) is 11.9 Å². The highest BCUT2D eigenvalue weighted by molar-refractivity contribution is 5.80. The summed E-state index contributed by atoms with van der Waals surface area (Å²) in [6, 6.07) is -0.0989. The molecule has 0 aromatic rings. The van der Waals surface area contributed by atoms with E-state index in [1.807, 2.05) is 6.92 Å². The maximum Gasteiger partial charge on any atom is 0.317 e. The summed E-state index contributed by atoms with van der Waals surface area (Å²) < 4.78 is 0. The summed E-state index contributed by atoms with van der Waals surface area (Å²) >= 11 is 0. The second-order valence-electron chi connectivity index (χ2n) is 3.81. The van der Waals surface area contributed by atoms with Gasteiger partial charge in [-0.2, -0.15) is 0 Å². The van der Waals surface area contributed by atoms with Crippen molar-refractivity contribution < 1.29 is 9.59 Å². The molecule has 3 amide bonds. The molecule has 2 N–H and O–H groups in total. The van der Waals surface area contributed by atoms with Crippen LogP contribution in [0.1, 0.15) is 19.8 Å². The van der Waals surface area contributed by atoms with Crippen molar-refractivity contribution in [3.63, 3.8) is 0 Å². The molecule has 0 saturated heterocycles. The van der Waals surface area contributed by atoms with Crippen LogP contribution in [-0.4, -0.2) is 43.5 Å². The number of amides is 3. The highest BCUT2D eigenvalue weighted by Crippen LogP contribution is 2.28. The zero-order valence-corrected chi connectivity index (χ0v) is 9.38. The van der Waals surface area contributed by atoms with Crippen LogP contribution in [0, 0.1) is 5.92 Å². The molecule has 0 radical (unpaired) electrons. The van der Waals surface area contributed by atoms with Gasteiger partial charge in [0.1, 0.15) is 0 Å². The number of urea groups is 1. The predicted molar refractivity (Wildman–Crippen MR) is 57.4 cm³/mol. The number of carbonyl (C=O) groups is 2. The number of carbonyl (C=O) groups excluding carboxylic acids is 2. The van der Waals surface area contributed by atoms with Crippen LogP contribution in [0.25, 0.3) is 0 Å². The first kappa shape index (κ1) is 11.8. The maximum absolute atomic E-state index is 11.3. The van der Waals surface area contributed by atoms with Crippen LogP contribution >= 0.6 is 0 Å². The van der Waals surface area contributed by atoms with E-state index in [-0.39, 0.29) is 17.9 Å². The van der Waals surface area contributed by atoms with Gasteiger partial charge in [0.2, 0.25) is 5.91 Å². The minimum absolute atomic E-state index is 0.0989. The lowest BCUT2D eigenvalue weighted by molar-refractivity contribution is -0.122. The van der Waals surface area contributed by atoms with Gasteiger partial charge in [0.25, 0.3) is 0 Å². The SMILES string of the molecule is CCN(C)C(=O)NCCNC(=O)C1CC1. The minimum atomic E-state index is -0.0989. The fourth-order valence-electron chi connectivity index (χ4n) is 1.12. The van der Waals surface area contributed by atoms with Crippen molar-refractivity contribution in [1.29, 1.82) is 0 Å². The molecular formula is C10H19N3O2. The Balaban J connectivity index is 2.00. The third kappa shape index (κ3) is 4.18. The number of nitrogens with one attached hydrogen (secondary N) is 2.